The summed E-state index contributed by atoms with van der Waals surface area (Å²) in [5.41, 5.74) is 0.283. The Hall–Kier alpha value is -0.0800. The molecule has 1 rings (SSSR count). The topological polar surface area (TPSA) is 15.3 Å². The molecule has 0 aromatic rings. The molecule has 1 fully saturated rings. The van der Waals surface area contributed by atoms with E-state index in [-0.39, 0.29) is 5.54 Å². The van der Waals surface area contributed by atoms with Crippen molar-refractivity contribution in [3.05, 3.63) is 0 Å². The predicted octanol–water partition coefficient (Wildman–Crippen LogP) is 3.42. The van der Waals surface area contributed by atoms with Crippen LogP contribution in [0, 0.1) is 0 Å². The van der Waals surface area contributed by atoms with E-state index >= 15 is 0 Å². The Morgan fingerprint density at radius 1 is 1.12 bits per heavy atom. The molecular weight excluding hydrogens is 208 g/mol. The lowest BCUT2D eigenvalue weighted by Crippen LogP contribution is -2.36. The minimum absolute atomic E-state index is 0.283. The lowest BCUT2D eigenvalue weighted by Gasteiger charge is -2.21. The highest BCUT2D eigenvalue weighted by Gasteiger charge is 2.18. The van der Waals surface area contributed by atoms with Gasteiger partial charge in [0.15, 0.2) is 0 Å². The fourth-order valence-corrected chi connectivity index (χ4v) is 2.58. The van der Waals surface area contributed by atoms with Crippen molar-refractivity contribution in [2.45, 2.75) is 77.8 Å². The van der Waals surface area contributed by atoms with Crippen LogP contribution >= 0.6 is 0 Å². The molecule has 1 N–H and O–H groups in total. The number of rotatable bonds is 7. The van der Waals surface area contributed by atoms with Gasteiger partial charge in [-0.1, -0.05) is 12.8 Å². The van der Waals surface area contributed by atoms with E-state index in [4.69, 9.17) is 0 Å². The molecule has 1 heterocycles. The van der Waals surface area contributed by atoms with Gasteiger partial charge in [-0.25, -0.2) is 0 Å². The molecule has 0 radical (unpaired) electrons. The van der Waals surface area contributed by atoms with Crippen LogP contribution in [-0.4, -0.2) is 36.1 Å². The van der Waals surface area contributed by atoms with Gasteiger partial charge >= 0.3 is 0 Å². The quantitative estimate of drug-likeness (QED) is 0.686. The van der Waals surface area contributed by atoms with Crippen molar-refractivity contribution < 1.29 is 0 Å². The zero-order chi connectivity index (χ0) is 12.7. The highest BCUT2D eigenvalue weighted by Crippen LogP contribution is 2.17. The van der Waals surface area contributed by atoms with E-state index < -0.39 is 0 Å². The summed E-state index contributed by atoms with van der Waals surface area (Å²) in [4.78, 5) is 2.66. The molecule has 0 aromatic heterocycles. The predicted molar refractivity (Wildman–Crippen MR) is 76.5 cm³/mol. The molecule has 17 heavy (non-hydrogen) atoms. The SMILES string of the molecule is CC1CCCN1CCCCCCNC(C)(C)C. The van der Waals surface area contributed by atoms with Gasteiger partial charge in [0, 0.05) is 11.6 Å². The van der Waals surface area contributed by atoms with Gasteiger partial charge in [-0.05, 0) is 73.0 Å². The van der Waals surface area contributed by atoms with E-state index in [1.165, 1.54) is 58.2 Å². The van der Waals surface area contributed by atoms with Crippen LogP contribution in [0.5, 0.6) is 0 Å². The van der Waals surface area contributed by atoms with Crippen LogP contribution in [0.2, 0.25) is 0 Å². The van der Waals surface area contributed by atoms with Crippen molar-refractivity contribution in [3.63, 3.8) is 0 Å². The standard InChI is InChI=1S/C15H32N2/c1-14-10-9-13-17(14)12-8-6-5-7-11-16-15(2,3)4/h14,16H,5-13H2,1-4H3. The number of hydrogen-bond acceptors (Lipinski definition) is 2. The van der Waals surface area contributed by atoms with Crippen molar-refractivity contribution in [2.24, 2.45) is 0 Å². The van der Waals surface area contributed by atoms with Crippen LogP contribution in [0.15, 0.2) is 0 Å². The van der Waals surface area contributed by atoms with Crippen LogP contribution in [0.1, 0.15) is 66.2 Å². The second-order valence-electron chi connectivity index (χ2n) is 6.62. The van der Waals surface area contributed by atoms with Crippen LogP contribution in [0.4, 0.5) is 0 Å². The molecule has 1 aliphatic rings. The molecule has 0 saturated carbocycles. The molecule has 1 atom stereocenters. The summed E-state index contributed by atoms with van der Waals surface area (Å²) in [5.74, 6) is 0. The number of nitrogens with one attached hydrogen (secondary N) is 1. The van der Waals surface area contributed by atoms with Crippen molar-refractivity contribution in [1.29, 1.82) is 0 Å². The molecule has 0 aliphatic carbocycles. The molecular formula is C15H32N2. The van der Waals surface area contributed by atoms with Gasteiger partial charge in [0.25, 0.3) is 0 Å². The summed E-state index contributed by atoms with van der Waals surface area (Å²) in [7, 11) is 0. The maximum absolute atomic E-state index is 3.55. The van der Waals surface area contributed by atoms with Gasteiger partial charge in [-0.15, -0.1) is 0 Å². The summed E-state index contributed by atoms with van der Waals surface area (Å²) in [6, 6.07) is 0.845. The third kappa shape index (κ3) is 7.05. The average Bonchev–Trinajstić information content (AvgIpc) is 2.61. The van der Waals surface area contributed by atoms with Crippen LogP contribution in [-0.2, 0) is 0 Å². The normalized spacial score (nSPS) is 22.2. The van der Waals surface area contributed by atoms with Gasteiger partial charge in [-0.2, -0.15) is 0 Å². The number of hydrogen-bond donors (Lipinski definition) is 1. The second kappa shape index (κ2) is 7.38. The maximum Gasteiger partial charge on any atom is 0.00965 e. The molecule has 102 valence electrons. The highest BCUT2D eigenvalue weighted by atomic mass is 15.2. The Labute approximate surface area is 108 Å². The minimum atomic E-state index is 0.283. The van der Waals surface area contributed by atoms with Gasteiger partial charge in [-0.3, -0.25) is 0 Å². The number of likely N-dealkylation sites (tertiary alicyclic amines) is 1. The van der Waals surface area contributed by atoms with Crippen LogP contribution in [0.3, 0.4) is 0 Å². The maximum atomic E-state index is 3.55. The number of nitrogens with zero attached hydrogens (tertiary/aromatic N) is 1. The van der Waals surface area contributed by atoms with Crippen LogP contribution < -0.4 is 5.32 Å². The Morgan fingerprint density at radius 2 is 1.82 bits per heavy atom. The first-order valence-corrected chi connectivity index (χ1v) is 7.48. The van der Waals surface area contributed by atoms with Crippen molar-refractivity contribution in [3.8, 4) is 0 Å². The fourth-order valence-electron chi connectivity index (χ4n) is 2.58. The summed E-state index contributed by atoms with van der Waals surface area (Å²) < 4.78 is 0. The molecule has 0 bridgehead atoms. The number of unbranched alkanes of at least 4 members (excludes halogenated alkanes) is 3. The van der Waals surface area contributed by atoms with Crippen molar-refractivity contribution in [1.82, 2.24) is 10.2 Å². The molecule has 0 spiro atoms. The largest absolute Gasteiger partial charge is 0.312 e. The lowest BCUT2D eigenvalue weighted by atomic mass is 10.1. The molecule has 1 aliphatic heterocycles. The Balaban J connectivity index is 1.88. The van der Waals surface area contributed by atoms with E-state index in [9.17, 15) is 0 Å². The van der Waals surface area contributed by atoms with E-state index in [0.717, 1.165) is 6.04 Å². The molecule has 0 amide bonds. The fraction of sp³-hybridized carbons (Fsp3) is 1.00. The summed E-state index contributed by atoms with van der Waals surface area (Å²) in [5, 5.41) is 3.55. The van der Waals surface area contributed by atoms with E-state index in [1.807, 2.05) is 0 Å². The third-order valence-electron chi connectivity index (χ3n) is 3.72. The summed E-state index contributed by atoms with van der Waals surface area (Å²) in [6.07, 6.45) is 8.32. The highest BCUT2D eigenvalue weighted by molar-refractivity contribution is 4.74. The minimum Gasteiger partial charge on any atom is -0.312 e. The first-order valence-electron chi connectivity index (χ1n) is 7.48. The molecule has 0 aromatic carbocycles. The Kier molecular flexibility index (Phi) is 6.50. The first kappa shape index (κ1) is 15.0. The third-order valence-corrected chi connectivity index (χ3v) is 3.72. The zero-order valence-corrected chi connectivity index (χ0v) is 12.4. The molecule has 1 unspecified atom stereocenters. The monoisotopic (exact) mass is 240 g/mol. The van der Waals surface area contributed by atoms with Gasteiger partial charge < -0.3 is 10.2 Å². The average molecular weight is 240 g/mol. The second-order valence-corrected chi connectivity index (χ2v) is 6.62. The molecule has 2 heteroatoms. The summed E-state index contributed by atoms with van der Waals surface area (Å²) in [6.45, 7) is 12.9. The van der Waals surface area contributed by atoms with Crippen molar-refractivity contribution in [2.75, 3.05) is 19.6 Å². The van der Waals surface area contributed by atoms with Gasteiger partial charge in [0.1, 0.15) is 0 Å². The first-order chi connectivity index (χ1) is 7.99. The Bertz CT molecular complexity index is 196. The molecule has 1 saturated heterocycles. The summed E-state index contributed by atoms with van der Waals surface area (Å²) >= 11 is 0. The van der Waals surface area contributed by atoms with Crippen molar-refractivity contribution >= 4 is 0 Å². The van der Waals surface area contributed by atoms with Gasteiger partial charge in [0.2, 0.25) is 0 Å². The van der Waals surface area contributed by atoms with Gasteiger partial charge in [0.05, 0.1) is 0 Å². The smallest absolute Gasteiger partial charge is 0.00965 e. The van der Waals surface area contributed by atoms with Crippen LogP contribution in [0.25, 0.3) is 0 Å². The Morgan fingerprint density at radius 3 is 2.41 bits per heavy atom. The molecule has 2 nitrogen and oxygen atoms in total. The van der Waals surface area contributed by atoms with E-state index in [1.54, 1.807) is 0 Å². The van der Waals surface area contributed by atoms with E-state index in [2.05, 4.69) is 37.9 Å². The van der Waals surface area contributed by atoms with E-state index in [0.29, 0.717) is 0 Å². The zero-order valence-electron chi connectivity index (χ0n) is 12.4. The lowest BCUT2D eigenvalue weighted by molar-refractivity contribution is 0.262.